The Balaban J connectivity index is 1.83. The van der Waals surface area contributed by atoms with Gasteiger partial charge >= 0.3 is 0 Å². The van der Waals surface area contributed by atoms with E-state index in [1.807, 2.05) is 12.1 Å². The lowest BCUT2D eigenvalue weighted by atomic mass is 9.86. The lowest BCUT2D eigenvalue weighted by Gasteiger charge is -2.34. The van der Waals surface area contributed by atoms with Gasteiger partial charge in [-0.15, -0.1) is 0 Å². The molecular formula is C17H27NO. The van der Waals surface area contributed by atoms with Crippen LogP contribution in [0.3, 0.4) is 0 Å². The fourth-order valence-electron chi connectivity index (χ4n) is 2.94. The zero-order valence-corrected chi connectivity index (χ0v) is 12.5. The van der Waals surface area contributed by atoms with Crippen LogP contribution in [0, 0.1) is 18.8 Å². The number of aryl methyl sites for hydroxylation is 1. The highest BCUT2D eigenvalue weighted by atomic mass is 16.3. The van der Waals surface area contributed by atoms with Crippen molar-refractivity contribution < 1.29 is 5.11 Å². The molecule has 1 aromatic rings. The minimum atomic E-state index is -0.351. The maximum absolute atomic E-state index is 10.3. The lowest BCUT2D eigenvalue weighted by Crippen LogP contribution is -2.37. The molecular weight excluding hydrogens is 234 g/mol. The van der Waals surface area contributed by atoms with E-state index in [-0.39, 0.29) is 6.10 Å². The zero-order valence-electron chi connectivity index (χ0n) is 12.5. The molecule has 0 bridgehead atoms. The first-order valence-corrected chi connectivity index (χ1v) is 7.53. The Kier molecular flexibility index (Phi) is 5.00. The van der Waals surface area contributed by atoms with Crippen LogP contribution in [0.1, 0.15) is 43.9 Å². The Hall–Kier alpha value is -0.860. The minimum absolute atomic E-state index is 0.351. The topological polar surface area (TPSA) is 23.5 Å². The fourth-order valence-corrected chi connectivity index (χ4v) is 2.94. The Bertz CT molecular complexity index is 377. The number of aliphatic hydroxyl groups excluding tert-OH is 1. The van der Waals surface area contributed by atoms with E-state index in [2.05, 4.69) is 37.8 Å². The zero-order chi connectivity index (χ0) is 13.8. The second-order valence-electron chi connectivity index (χ2n) is 6.31. The maximum Gasteiger partial charge on any atom is 0.0916 e. The molecule has 1 aliphatic rings. The van der Waals surface area contributed by atoms with Crippen LogP contribution in [0.5, 0.6) is 0 Å². The molecule has 0 amide bonds. The molecule has 19 heavy (non-hydrogen) atoms. The highest BCUT2D eigenvalue weighted by Gasteiger charge is 2.23. The molecule has 2 nitrogen and oxygen atoms in total. The van der Waals surface area contributed by atoms with Crippen molar-refractivity contribution in [1.82, 2.24) is 4.90 Å². The number of hydrogen-bond donors (Lipinski definition) is 1. The van der Waals surface area contributed by atoms with Crippen molar-refractivity contribution in [2.24, 2.45) is 11.8 Å². The van der Waals surface area contributed by atoms with Crippen LogP contribution >= 0.6 is 0 Å². The fraction of sp³-hybridized carbons (Fsp3) is 0.647. The average Bonchev–Trinajstić information content (AvgIpc) is 2.40. The molecule has 1 N–H and O–H groups in total. The monoisotopic (exact) mass is 261 g/mol. The summed E-state index contributed by atoms with van der Waals surface area (Å²) in [6.45, 7) is 9.75. The van der Waals surface area contributed by atoms with E-state index in [1.165, 1.54) is 18.4 Å². The molecule has 1 atom stereocenters. The molecule has 106 valence electrons. The Labute approximate surface area is 117 Å². The summed E-state index contributed by atoms with van der Waals surface area (Å²) in [5.74, 6) is 1.66. The Morgan fingerprint density at radius 3 is 2.26 bits per heavy atom. The number of nitrogens with zero attached hydrogens (tertiary/aromatic N) is 1. The number of likely N-dealkylation sites (tertiary alicyclic amines) is 1. The third-order valence-corrected chi connectivity index (χ3v) is 4.47. The summed E-state index contributed by atoms with van der Waals surface area (Å²) in [4.78, 5) is 2.41. The summed E-state index contributed by atoms with van der Waals surface area (Å²) in [5.41, 5.74) is 2.28. The van der Waals surface area contributed by atoms with Gasteiger partial charge < -0.3 is 10.0 Å². The molecule has 1 unspecified atom stereocenters. The van der Waals surface area contributed by atoms with Crippen molar-refractivity contribution in [2.75, 3.05) is 19.6 Å². The SMILES string of the molecule is Cc1ccc(C(O)CN2CCC(C(C)C)CC2)cc1. The van der Waals surface area contributed by atoms with Crippen LogP contribution in [0.4, 0.5) is 0 Å². The second-order valence-corrected chi connectivity index (χ2v) is 6.31. The summed E-state index contributed by atoms with van der Waals surface area (Å²) in [6.07, 6.45) is 2.20. The quantitative estimate of drug-likeness (QED) is 0.898. The molecule has 0 spiro atoms. The number of rotatable bonds is 4. The van der Waals surface area contributed by atoms with Gasteiger partial charge in [0.05, 0.1) is 6.10 Å². The van der Waals surface area contributed by atoms with E-state index in [1.54, 1.807) is 0 Å². The van der Waals surface area contributed by atoms with Crippen LogP contribution in [0.25, 0.3) is 0 Å². The van der Waals surface area contributed by atoms with Gasteiger partial charge in [-0.25, -0.2) is 0 Å². The van der Waals surface area contributed by atoms with E-state index in [9.17, 15) is 5.11 Å². The number of hydrogen-bond acceptors (Lipinski definition) is 2. The lowest BCUT2D eigenvalue weighted by molar-refractivity contribution is 0.0818. The number of benzene rings is 1. The highest BCUT2D eigenvalue weighted by Crippen LogP contribution is 2.25. The Morgan fingerprint density at radius 2 is 1.74 bits per heavy atom. The molecule has 0 aromatic heterocycles. The molecule has 1 aliphatic heterocycles. The van der Waals surface area contributed by atoms with Crippen molar-refractivity contribution in [3.05, 3.63) is 35.4 Å². The first-order valence-electron chi connectivity index (χ1n) is 7.53. The van der Waals surface area contributed by atoms with Gasteiger partial charge in [-0.2, -0.15) is 0 Å². The van der Waals surface area contributed by atoms with Crippen molar-refractivity contribution in [3.8, 4) is 0 Å². The average molecular weight is 261 g/mol. The summed E-state index contributed by atoms with van der Waals surface area (Å²) < 4.78 is 0. The van der Waals surface area contributed by atoms with Gasteiger partial charge in [-0.1, -0.05) is 43.7 Å². The van der Waals surface area contributed by atoms with E-state index in [0.717, 1.165) is 37.0 Å². The predicted octanol–water partition coefficient (Wildman–Crippen LogP) is 3.40. The van der Waals surface area contributed by atoms with Crippen LogP contribution in [-0.4, -0.2) is 29.6 Å². The summed E-state index contributed by atoms with van der Waals surface area (Å²) >= 11 is 0. The van der Waals surface area contributed by atoms with Gasteiger partial charge in [0, 0.05) is 6.54 Å². The first kappa shape index (κ1) is 14.5. The standard InChI is InChI=1S/C17H27NO/c1-13(2)15-8-10-18(11-9-15)12-17(19)16-6-4-14(3)5-7-16/h4-7,13,15,17,19H,8-12H2,1-3H3. The molecule has 2 heteroatoms. The van der Waals surface area contributed by atoms with Crippen LogP contribution in [0.2, 0.25) is 0 Å². The number of aliphatic hydroxyl groups is 1. The van der Waals surface area contributed by atoms with E-state index >= 15 is 0 Å². The van der Waals surface area contributed by atoms with Crippen molar-refractivity contribution >= 4 is 0 Å². The molecule has 1 heterocycles. The summed E-state index contributed by atoms with van der Waals surface area (Å²) in [6, 6.07) is 8.23. The highest BCUT2D eigenvalue weighted by molar-refractivity contribution is 5.23. The van der Waals surface area contributed by atoms with E-state index < -0.39 is 0 Å². The van der Waals surface area contributed by atoms with Gasteiger partial charge in [-0.3, -0.25) is 0 Å². The van der Waals surface area contributed by atoms with E-state index in [4.69, 9.17) is 0 Å². The third kappa shape index (κ3) is 4.05. The molecule has 1 aromatic carbocycles. The number of piperidine rings is 1. The normalized spacial score (nSPS) is 19.8. The van der Waals surface area contributed by atoms with Crippen molar-refractivity contribution in [2.45, 2.75) is 39.7 Å². The Morgan fingerprint density at radius 1 is 1.16 bits per heavy atom. The van der Waals surface area contributed by atoms with Gasteiger partial charge in [0.2, 0.25) is 0 Å². The smallest absolute Gasteiger partial charge is 0.0916 e. The molecule has 0 saturated carbocycles. The first-order chi connectivity index (χ1) is 9.06. The van der Waals surface area contributed by atoms with Crippen molar-refractivity contribution in [3.63, 3.8) is 0 Å². The molecule has 1 saturated heterocycles. The van der Waals surface area contributed by atoms with Crippen molar-refractivity contribution in [1.29, 1.82) is 0 Å². The molecule has 2 rings (SSSR count). The molecule has 0 radical (unpaired) electrons. The van der Waals surface area contributed by atoms with Gasteiger partial charge in [0.15, 0.2) is 0 Å². The van der Waals surface area contributed by atoms with Gasteiger partial charge in [-0.05, 0) is 50.3 Å². The minimum Gasteiger partial charge on any atom is -0.387 e. The summed E-state index contributed by atoms with van der Waals surface area (Å²) in [7, 11) is 0. The molecule has 1 fully saturated rings. The summed E-state index contributed by atoms with van der Waals surface area (Å²) in [5, 5.41) is 10.3. The maximum atomic E-state index is 10.3. The predicted molar refractivity (Wildman–Crippen MR) is 80.1 cm³/mol. The largest absolute Gasteiger partial charge is 0.387 e. The second kappa shape index (κ2) is 6.53. The van der Waals surface area contributed by atoms with Gasteiger partial charge in [0.1, 0.15) is 0 Å². The van der Waals surface area contributed by atoms with Crippen LogP contribution in [-0.2, 0) is 0 Å². The van der Waals surface area contributed by atoms with Crippen LogP contribution in [0.15, 0.2) is 24.3 Å². The van der Waals surface area contributed by atoms with E-state index in [0.29, 0.717) is 0 Å². The number of β-amino-alcohol motifs (C(OH)–C–C–N with tert-alkyl or cyclic N) is 1. The third-order valence-electron chi connectivity index (χ3n) is 4.47. The molecule has 0 aliphatic carbocycles. The van der Waals surface area contributed by atoms with Crippen LogP contribution < -0.4 is 0 Å². The van der Waals surface area contributed by atoms with Gasteiger partial charge in [0.25, 0.3) is 0 Å².